The average molecular weight is 455 g/mol. The van der Waals surface area contributed by atoms with Gasteiger partial charge in [0.2, 0.25) is 0 Å². The second-order valence-corrected chi connectivity index (χ2v) is 10.3. The molecule has 32 heavy (non-hydrogen) atoms. The van der Waals surface area contributed by atoms with E-state index in [0.29, 0.717) is 6.42 Å². The molecule has 1 unspecified atom stereocenters. The summed E-state index contributed by atoms with van der Waals surface area (Å²) >= 11 is 0. The number of rotatable bonds is 7. The predicted octanol–water partition coefficient (Wildman–Crippen LogP) is 2.27. The SMILES string of the molecule is CC(CCn1ccc2cc(C#Cc3ccc(CCO)cc3)ccc21)(C(=O)NO)S(C)(=O)=O. The van der Waals surface area contributed by atoms with Gasteiger partial charge in [-0.15, -0.1) is 0 Å². The smallest absolute Gasteiger partial charge is 0.264 e. The summed E-state index contributed by atoms with van der Waals surface area (Å²) in [6.45, 7) is 1.71. The van der Waals surface area contributed by atoms with Gasteiger partial charge in [0.05, 0.1) is 0 Å². The highest BCUT2D eigenvalue weighted by Gasteiger charge is 2.43. The molecule has 1 heterocycles. The zero-order valence-electron chi connectivity index (χ0n) is 18.0. The van der Waals surface area contributed by atoms with Gasteiger partial charge in [0.15, 0.2) is 14.6 Å². The molecule has 0 aliphatic rings. The molecule has 0 saturated heterocycles. The Morgan fingerprint density at radius 3 is 2.38 bits per heavy atom. The Morgan fingerprint density at radius 2 is 1.75 bits per heavy atom. The number of hydrogen-bond acceptors (Lipinski definition) is 5. The number of fused-ring (bicyclic) bond motifs is 1. The van der Waals surface area contributed by atoms with Crippen molar-refractivity contribution >= 4 is 26.6 Å². The number of aliphatic hydroxyl groups excluding tert-OH is 1. The quantitative estimate of drug-likeness (QED) is 0.288. The summed E-state index contributed by atoms with van der Waals surface area (Å²) in [5.41, 5.74) is 5.15. The normalized spacial score (nSPS) is 13.2. The number of aryl methyl sites for hydroxylation is 1. The summed E-state index contributed by atoms with van der Waals surface area (Å²) in [6, 6.07) is 15.4. The molecule has 7 nitrogen and oxygen atoms in total. The van der Waals surface area contributed by atoms with E-state index in [1.54, 1.807) is 0 Å². The molecule has 0 aliphatic heterocycles. The van der Waals surface area contributed by atoms with Crippen molar-refractivity contribution < 1.29 is 23.5 Å². The van der Waals surface area contributed by atoms with Crippen LogP contribution in [0.25, 0.3) is 10.9 Å². The first kappa shape index (κ1) is 23.5. The number of amides is 1. The Balaban J connectivity index is 1.79. The average Bonchev–Trinajstić information content (AvgIpc) is 3.18. The zero-order valence-corrected chi connectivity index (χ0v) is 18.8. The summed E-state index contributed by atoms with van der Waals surface area (Å²) in [4.78, 5) is 12.0. The molecule has 0 saturated carbocycles. The topological polar surface area (TPSA) is 109 Å². The first-order valence-electron chi connectivity index (χ1n) is 10.1. The standard InChI is InChI=1S/C24H26N2O5S/c1-24(23(28)25-29,32(2,30)31)13-15-26-14-11-21-17-20(9-10-22(21)26)8-7-18-3-5-19(6-4-18)12-16-27/h3-6,9-11,14,17,27,29H,12-13,15-16H2,1-2H3,(H,25,28). The maximum atomic E-state index is 12.2. The van der Waals surface area contributed by atoms with Gasteiger partial charge in [-0.05, 0) is 61.7 Å². The van der Waals surface area contributed by atoms with Crippen LogP contribution in [0.4, 0.5) is 0 Å². The Morgan fingerprint density at radius 1 is 1.09 bits per heavy atom. The summed E-state index contributed by atoms with van der Waals surface area (Å²) in [7, 11) is -3.74. The monoisotopic (exact) mass is 454 g/mol. The van der Waals surface area contributed by atoms with E-state index in [9.17, 15) is 13.2 Å². The summed E-state index contributed by atoms with van der Waals surface area (Å²) in [5.74, 6) is 5.33. The minimum absolute atomic E-state index is 0.00976. The van der Waals surface area contributed by atoms with E-state index in [1.807, 2.05) is 59.3 Å². The van der Waals surface area contributed by atoms with Crippen LogP contribution in [0.5, 0.6) is 0 Å². The van der Waals surface area contributed by atoms with E-state index in [0.717, 1.165) is 33.8 Å². The van der Waals surface area contributed by atoms with Crippen molar-refractivity contribution in [1.29, 1.82) is 0 Å². The molecule has 3 rings (SSSR count). The van der Waals surface area contributed by atoms with Crippen LogP contribution in [0, 0.1) is 11.8 Å². The highest BCUT2D eigenvalue weighted by molar-refractivity contribution is 7.92. The third-order valence-electron chi connectivity index (χ3n) is 5.71. The van der Waals surface area contributed by atoms with Gasteiger partial charge in [-0.3, -0.25) is 10.0 Å². The number of nitrogens with zero attached hydrogens (tertiary/aromatic N) is 1. The van der Waals surface area contributed by atoms with Crippen molar-refractivity contribution in [2.75, 3.05) is 12.9 Å². The third-order valence-corrected chi connectivity index (χ3v) is 7.73. The lowest BCUT2D eigenvalue weighted by molar-refractivity contribution is -0.131. The Kier molecular flexibility index (Phi) is 7.04. The highest BCUT2D eigenvalue weighted by Crippen LogP contribution is 2.24. The molecule has 168 valence electrons. The highest BCUT2D eigenvalue weighted by atomic mass is 32.2. The van der Waals surface area contributed by atoms with Crippen molar-refractivity contribution in [3.8, 4) is 11.8 Å². The molecule has 3 N–H and O–H groups in total. The Bertz CT molecular complexity index is 1280. The van der Waals surface area contributed by atoms with Crippen LogP contribution in [-0.2, 0) is 27.6 Å². The maximum Gasteiger partial charge on any atom is 0.264 e. The molecule has 2 aromatic carbocycles. The van der Waals surface area contributed by atoms with Crippen LogP contribution in [0.15, 0.2) is 54.7 Å². The van der Waals surface area contributed by atoms with Crippen LogP contribution in [0.3, 0.4) is 0 Å². The van der Waals surface area contributed by atoms with Gasteiger partial charge < -0.3 is 9.67 Å². The largest absolute Gasteiger partial charge is 0.396 e. The van der Waals surface area contributed by atoms with Gasteiger partial charge >= 0.3 is 0 Å². The van der Waals surface area contributed by atoms with E-state index >= 15 is 0 Å². The fourth-order valence-electron chi connectivity index (χ4n) is 3.42. The first-order chi connectivity index (χ1) is 15.2. The summed E-state index contributed by atoms with van der Waals surface area (Å²) in [6.07, 6.45) is 3.45. The molecule has 0 spiro atoms. The third kappa shape index (κ3) is 5.02. The lowest BCUT2D eigenvalue weighted by Crippen LogP contribution is -2.49. The molecule has 0 bridgehead atoms. The van der Waals surface area contributed by atoms with Crippen molar-refractivity contribution in [2.45, 2.75) is 31.1 Å². The van der Waals surface area contributed by atoms with E-state index in [-0.39, 0.29) is 19.6 Å². The van der Waals surface area contributed by atoms with Crippen LogP contribution >= 0.6 is 0 Å². The number of nitrogens with one attached hydrogen (secondary N) is 1. The number of aliphatic hydroxyl groups is 1. The van der Waals surface area contributed by atoms with E-state index < -0.39 is 20.5 Å². The van der Waals surface area contributed by atoms with E-state index in [1.165, 1.54) is 12.4 Å². The van der Waals surface area contributed by atoms with Crippen molar-refractivity contribution in [1.82, 2.24) is 10.0 Å². The number of hydrogen-bond donors (Lipinski definition) is 3. The molecule has 0 aliphatic carbocycles. The molecule has 0 radical (unpaired) electrons. The molecule has 1 aromatic heterocycles. The minimum atomic E-state index is -3.74. The van der Waals surface area contributed by atoms with Gasteiger partial charge in [-0.2, -0.15) is 0 Å². The van der Waals surface area contributed by atoms with E-state index in [4.69, 9.17) is 10.3 Å². The van der Waals surface area contributed by atoms with Crippen LogP contribution < -0.4 is 5.48 Å². The molecular formula is C24H26N2O5S. The predicted molar refractivity (Wildman–Crippen MR) is 123 cm³/mol. The second-order valence-electron chi connectivity index (χ2n) is 7.90. The van der Waals surface area contributed by atoms with Crippen LogP contribution in [0.2, 0.25) is 0 Å². The van der Waals surface area contributed by atoms with Gasteiger partial charge in [-0.1, -0.05) is 24.0 Å². The molecule has 8 heteroatoms. The number of carbonyl (C=O) groups is 1. The lowest BCUT2D eigenvalue weighted by Gasteiger charge is -2.25. The van der Waals surface area contributed by atoms with Crippen molar-refractivity contribution in [3.05, 3.63) is 71.4 Å². The van der Waals surface area contributed by atoms with Crippen molar-refractivity contribution in [3.63, 3.8) is 0 Å². The number of aromatic nitrogens is 1. The number of carbonyl (C=O) groups excluding carboxylic acids is 1. The van der Waals surface area contributed by atoms with Crippen LogP contribution in [0.1, 0.15) is 30.0 Å². The fraction of sp³-hybridized carbons (Fsp3) is 0.292. The minimum Gasteiger partial charge on any atom is -0.396 e. The Labute approximate surface area is 187 Å². The fourth-order valence-corrected chi connectivity index (χ4v) is 4.26. The number of sulfone groups is 1. The molecule has 0 fully saturated rings. The van der Waals surface area contributed by atoms with Crippen molar-refractivity contribution in [2.24, 2.45) is 0 Å². The molecule has 3 aromatic rings. The summed E-state index contributed by atoms with van der Waals surface area (Å²) < 4.78 is 24.4. The van der Waals surface area contributed by atoms with Gasteiger partial charge in [0, 0.05) is 47.6 Å². The number of hydroxylamine groups is 1. The van der Waals surface area contributed by atoms with Crippen LogP contribution in [-0.4, -0.2) is 46.8 Å². The Hall–Kier alpha value is -3.12. The van der Waals surface area contributed by atoms with Gasteiger partial charge in [0.25, 0.3) is 5.91 Å². The molecular weight excluding hydrogens is 428 g/mol. The lowest BCUT2D eigenvalue weighted by atomic mass is 10.1. The number of benzene rings is 2. The molecule has 1 atom stereocenters. The second kappa shape index (κ2) is 9.57. The summed E-state index contributed by atoms with van der Waals surface area (Å²) in [5, 5.41) is 18.9. The van der Waals surface area contributed by atoms with Gasteiger partial charge in [0.1, 0.15) is 0 Å². The van der Waals surface area contributed by atoms with Gasteiger partial charge in [-0.25, -0.2) is 13.9 Å². The zero-order chi connectivity index (χ0) is 23.4. The first-order valence-corrected chi connectivity index (χ1v) is 12.0. The van der Waals surface area contributed by atoms with E-state index in [2.05, 4.69) is 11.8 Å². The molecule has 1 amide bonds. The maximum absolute atomic E-state index is 12.2.